The van der Waals surface area contributed by atoms with Crippen LogP contribution in [0.15, 0.2) is 0 Å². The molecule has 0 aromatic heterocycles. The van der Waals surface area contributed by atoms with Crippen molar-refractivity contribution in [2.24, 2.45) is 23.3 Å². The van der Waals surface area contributed by atoms with Crippen molar-refractivity contribution in [3.05, 3.63) is 0 Å². The van der Waals surface area contributed by atoms with Crippen molar-refractivity contribution in [2.45, 2.75) is 46.2 Å². The van der Waals surface area contributed by atoms with E-state index in [9.17, 15) is 0 Å². The molecule has 0 saturated heterocycles. The highest BCUT2D eigenvalue weighted by Crippen LogP contribution is 2.15. The molecule has 0 aliphatic rings. The van der Waals surface area contributed by atoms with Crippen molar-refractivity contribution in [3.8, 4) is 0 Å². The first-order chi connectivity index (χ1) is 5.02. The van der Waals surface area contributed by atoms with Crippen molar-refractivity contribution in [3.63, 3.8) is 0 Å². The minimum atomic E-state index is -0.121. The Morgan fingerprint density at radius 2 is 1.55 bits per heavy atom. The highest BCUT2D eigenvalue weighted by atomic mass is 14.8. The first-order valence-corrected chi connectivity index (χ1v) is 4.53. The lowest BCUT2D eigenvalue weighted by molar-refractivity contribution is 0.392. The van der Waals surface area contributed by atoms with Crippen LogP contribution in [-0.4, -0.2) is 6.17 Å². The fraction of sp³-hybridized carbons (Fsp3) is 1.00. The summed E-state index contributed by atoms with van der Waals surface area (Å²) in [5.41, 5.74) is 10.9. The summed E-state index contributed by atoms with van der Waals surface area (Å²) >= 11 is 0. The van der Waals surface area contributed by atoms with Gasteiger partial charge in [-0.2, -0.15) is 0 Å². The van der Waals surface area contributed by atoms with Crippen LogP contribution in [0.3, 0.4) is 0 Å². The van der Waals surface area contributed by atoms with E-state index in [-0.39, 0.29) is 6.17 Å². The highest BCUT2D eigenvalue weighted by molar-refractivity contribution is 4.59. The van der Waals surface area contributed by atoms with Crippen molar-refractivity contribution >= 4 is 0 Å². The molecule has 1 atom stereocenters. The van der Waals surface area contributed by atoms with Crippen LogP contribution in [0.25, 0.3) is 0 Å². The molecule has 0 rings (SSSR count). The van der Waals surface area contributed by atoms with E-state index in [2.05, 4.69) is 20.8 Å². The van der Waals surface area contributed by atoms with Crippen molar-refractivity contribution in [1.29, 1.82) is 0 Å². The summed E-state index contributed by atoms with van der Waals surface area (Å²) in [7, 11) is 0. The molecule has 0 spiro atoms. The van der Waals surface area contributed by atoms with Gasteiger partial charge < -0.3 is 11.5 Å². The van der Waals surface area contributed by atoms with E-state index in [1.165, 1.54) is 6.42 Å². The fourth-order valence-electron chi connectivity index (χ4n) is 1.40. The summed E-state index contributed by atoms with van der Waals surface area (Å²) in [6, 6.07) is 0. The minimum absolute atomic E-state index is 0.121. The summed E-state index contributed by atoms with van der Waals surface area (Å²) in [6.07, 6.45) is 3.28. The molecule has 11 heavy (non-hydrogen) atoms. The molecule has 0 saturated carbocycles. The number of nitrogens with two attached hydrogens (primary N) is 2. The van der Waals surface area contributed by atoms with Gasteiger partial charge in [-0.25, -0.2) is 0 Å². The molecular weight excluding hydrogens is 136 g/mol. The van der Waals surface area contributed by atoms with E-state index in [4.69, 9.17) is 11.5 Å². The Morgan fingerprint density at radius 3 is 1.91 bits per heavy atom. The summed E-state index contributed by atoms with van der Waals surface area (Å²) < 4.78 is 0. The van der Waals surface area contributed by atoms with Gasteiger partial charge in [0.2, 0.25) is 0 Å². The maximum atomic E-state index is 5.45. The molecule has 68 valence electrons. The number of hydrogen-bond acceptors (Lipinski definition) is 2. The van der Waals surface area contributed by atoms with Crippen molar-refractivity contribution < 1.29 is 0 Å². The van der Waals surface area contributed by atoms with Gasteiger partial charge in [-0.05, 0) is 31.1 Å². The van der Waals surface area contributed by atoms with Crippen molar-refractivity contribution in [1.82, 2.24) is 0 Å². The Labute approximate surface area is 70.3 Å². The van der Waals surface area contributed by atoms with Gasteiger partial charge in [0.15, 0.2) is 0 Å². The number of rotatable bonds is 5. The summed E-state index contributed by atoms with van der Waals surface area (Å²) in [5.74, 6) is 1.56. The molecule has 1 unspecified atom stereocenters. The van der Waals surface area contributed by atoms with E-state index in [1.54, 1.807) is 0 Å². The molecular formula is C9H22N2. The third-order valence-electron chi connectivity index (χ3n) is 1.87. The zero-order chi connectivity index (χ0) is 8.85. The maximum absolute atomic E-state index is 5.45. The molecule has 0 fully saturated rings. The molecule has 0 bridgehead atoms. The van der Waals surface area contributed by atoms with E-state index in [0.717, 1.165) is 24.7 Å². The van der Waals surface area contributed by atoms with Crippen LogP contribution in [0.4, 0.5) is 0 Å². The van der Waals surface area contributed by atoms with Crippen LogP contribution in [0.2, 0.25) is 0 Å². The topological polar surface area (TPSA) is 52.0 Å². The van der Waals surface area contributed by atoms with Crippen LogP contribution in [-0.2, 0) is 0 Å². The second kappa shape index (κ2) is 5.56. The Hall–Kier alpha value is -0.0800. The van der Waals surface area contributed by atoms with E-state index >= 15 is 0 Å². The quantitative estimate of drug-likeness (QED) is 0.598. The van der Waals surface area contributed by atoms with Gasteiger partial charge in [-0.3, -0.25) is 0 Å². The molecule has 2 nitrogen and oxygen atoms in total. The molecule has 4 N–H and O–H groups in total. The first-order valence-electron chi connectivity index (χ1n) is 4.53. The van der Waals surface area contributed by atoms with Crippen LogP contribution >= 0.6 is 0 Å². The van der Waals surface area contributed by atoms with Gasteiger partial charge in [0.1, 0.15) is 0 Å². The molecule has 2 heteroatoms. The average molecular weight is 158 g/mol. The van der Waals surface area contributed by atoms with E-state index < -0.39 is 0 Å². The monoisotopic (exact) mass is 158 g/mol. The summed E-state index contributed by atoms with van der Waals surface area (Å²) in [5, 5.41) is 0. The first kappa shape index (κ1) is 10.9. The third-order valence-corrected chi connectivity index (χ3v) is 1.87. The van der Waals surface area contributed by atoms with Crippen LogP contribution in [0, 0.1) is 11.8 Å². The van der Waals surface area contributed by atoms with E-state index in [0.29, 0.717) is 0 Å². The van der Waals surface area contributed by atoms with Crippen LogP contribution < -0.4 is 11.5 Å². The molecule has 0 radical (unpaired) electrons. The molecule has 0 aromatic carbocycles. The van der Waals surface area contributed by atoms with Gasteiger partial charge >= 0.3 is 0 Å². The van der Waals surface area contributed by atoms with Gasteiger partial charge in [-0.15, -0.1) is 0 Å². The van der Waals surface area contributed by atoms with Gasteiger partial charge in [0.25, 0.3) is 0 Å². The second-order valence-corrected chi connectivity index (χ2v) is 3.98. The molecule has 0 amide bonds. The Bertz CT molecular complexity index is 89.6. The zero-order valence-corrected chi connectivity index (χ0v) is 8.01. The largest absolute Gasteiger partial charge is 0.316 e. The molecule has 0 aliphatic heterocycles. The smallest absolute Gasteiger partial charge is 0.0520 e. The van der Waals surface area contributed by atoms with Crippen LogP contribution in [0.1, 0.15) is 40.0 Å². The van der Waals surface area contributed by atoms with Crippen LogP contribution in [0.5, 0.6) is 0 Å². The summed E-state index contributed by atoms with van der Waals surface area (Å²) in [6.45, 7) is 6.76. The highest BCUT2D eigenvalue weighted by Gasteiger charge is 2.05. The summed E-state index contributed by atoms with van der Waals surface area (Å²) in [4.78, 5) is 0. The van der Waals surface area contributed by atoms with Gasteiger partial charge in [0, 0.05) is 0 Å². The van der Waals surface area contributed by atoms with E-state index in [1.807, 2.05) is 0 Å². The number of hydrogen-bond donors (Lipinski definition) is 2. The lowest BCUT2D eigenvalue weighted by Crippen LogP contribution is -2.30. The SMILES string of the molecule is CC(C)CC(C)CCC(N)N. The zero-order valence-electron chi connectivity index (χ0n) is 8.01. The lowest BCUT2D eigenvalue weighted by atomic mass is 9.94. The Kier molecular flexibility index (Phi) is 5.51. The molecule has 0 aliphatic carbocycles. The lowest BCUT2D eigenvalue weighted by Gasteiger charge is -2.14. The average Bonchev–Trinajstić information content (AvgIpc) is 1.82. The Balaban J connectivity index is 3.29. The Morgan fingerprint density at radius 1 is 1.00 bits per heavy atom. The predicted octanol–water partition coefficient (Wildman–Crippen LogP) is 1.69. The maximum Gasteiger partial charge on any atom is 0.0520 e. The minimum Gasteiger partial charge on any atom is -0.316 e. The predicted molar refractivity (Wildman–Crippen MR) is 50.0 cm³/mol. The molecule has 0 heterocycles. The third kappa shape index (κ3) is 7.82. The fourth-order valence-corrected chi connectivity index (χ4v) is 1.40. The van der Waals surface area contributed by atoms with Crippen molar-refractivity contribution in [2.75, 3.05) is 0 Å². The second-order valence-electron chi connectivity index (χ2n) is 3.98. The van der Waals surface area contributed by atoms with Gasteiger partial charge in [-0.1, -0.05) is 20.8 Å². The normalized spacial score (nSPS) is 14.5. The standard InChI is InChI=1S/C9H22N2/c1-7(2)6-8(3)4-5-9(10)11/h7-9H,4-6,10-11H2,1-3H3. The molecule has 0 aromatic rings. The van der Waals surface area contributed by atoms with Gasteiger partial charge in [0.05, 0.1) is 6.17 Å².